The third-order valence-electron chi connectivity index (χ3n) is 5.02. The van der Waals surface area contributed by atoms with Crippen LogP contribution in [-0.2, 0) is 16.0 Å². The van der Waals surface area contributed by atoms with Gasteiger partial charge in [-0.15, -0.1) is 0 Å². The summed E-state index contributed by atoms with van der Waals surface area (Å²) < 4.78 is 44.8. The fourth-order valence-corrected chi connectivity index (χ4v) is 3.58. The molecule has 0 fully saturated rings. The summed E-state index contributed by atoms with van der Waals surface area (Å²) in [7, 11) is 3.14. The fraction of sp³-hybridized carbons (Fsp3) is 0.316. The number of allylic oxidation sites excluding steroid dienone is 3. The van der Waals surface area contributed by atoms with Gasteiger partial charge in [0.05, 0.1) is 12.8 Å². The number of ether oxygens (including phenoxy) is 1. The van der Waals surface area contributed by atoms with Crippen LogP contribution in [0.2, 0.25) is 0 Å². The van der Waals surface area contributed by atoms with E-state index in [-0.39, 0.29) is 5.91 Å². The van der Waals surface area contributed by atoms with E-state index in [4.69, 9.17) is 4.74 Å². The summed E-state index contributed by atoms with van der Waals surface area (Å²) in [5.74, 6) is 0.349. The number of methoxy groups -OCH3 is 1. The Morgan fingerprint density at radius 2 is 2.00 bits per heavy atom. The Morgan fingerprint density at radius 1 is 1.22 bits per heavy atom. The Morgan fingerprint density at radius 3 is 2.70 bits per heavy atom. The van der Waals surface area contributed by atoms with Crippen molar-refractivity contribution in [1.82, 2.24) is 10.4 Å². The second-order valence-electron chi connectivity index (χ2n) is 6.62. The number of amides is 1. The van der Waals surface area contributed by atoms with Crippen LogP contribution in [0, 0.1) is 0 Å². The van der Waals surface area contributed by atoms with Crippen LogP contribution in [0.5, 0.6) is 0 Å². The summed E-state index contributed by atoms with van der Waals surface area (Å²) in [6.07, 6.45) is 1.17. The molecule has 1 amide bonds. The van der Waals surface area contributed by atoms with Crippen LogP contribution in [0.1, 0.15) is 17.5 Å². The van der Waals surface area contributed by atoms with Crippen LogP contribution in [0.3, 0.4) is 0 Å². The van der Waals surface area contributed by atoms with Crippen molar-refractivity contribution < 1.29 is 22.7 Å². The second kappa shape index (κ2) is 6.16. The van der Waals surface area contributed by atoms with Crippen molar-refractivity contribution in [3.05, 3.63) is 59.1 Å². The number of rotatable bonds is 2. The maximum Gasteiger partial charge on any atom is 0.409 e. The molecule has 8 heteroatoms. The highest BCUT2D eigenvalue weighted by molar-refractivity contribution is 5.96. The number of hydrogen-bond donors (Lipinski definition) is 1. The van der Waals surface area contributed by atoms with Crippen molar-refractivity contribution in [2.75, 3.05) is 19.1 Å². The van der Waals surface area contributed by atoms with Gasteiger partial charge in [0.15, 0.2) is 0 Å². The molecule has 0 spiro atoms. The zero-order chi connectivity index (χ0) is 19.3. The number of nitrogens with zero attached hydrogens (tertiary/aromatic N) is 2. The molecule has 3 heterocycles. The van der Waals surface area contributed by atoms with Crippen molar-refractivity contribution in [1.29, 1.82) is 0 Å². The molecule has 0 aromatic heterocycles. The van der Waals surface area contributed by atoms with Gasteiger partial charge in [-0.3, -0.25) is 4.79 Å². The first-order valence-electron chi connectivity index (χ1n) is 8.50. The Kier molecular flexibility index (Phi) is 4.03. The zero-order valence-electron chi connectivity index (χ0n) is 14.8. The number of carbonyl (C=O) groups excluding carboxylic acids is 1. The highest BCUT2D eigenvalue weighted by Crippen LogP contribution is 2.39. The first kappa shape index (κ1) is 17.7. The van der Waals surface area contributed by atoms with Gasteiger partial charge in [-0.2, -0.15) is 13.2 Å². The molecule has 0 aliphatic carbocycles. The molecule has 3 aliphatic rings. The normalized spacial score (nSPS) is 22.0. The third-order valence-corrected chi connectivity index (χ3v) is 5.02. The first-order chi connectivity index (χ1) is 12.8. The average molecular weight is 377 g/mol. The maximum absolute atomic E-state index is 13.2. The van der Waals surface area contributed by atoms with Gasteiger partial charge >= 0.3 is 6.18 Å². The van der Waals surface area contributed by atoms with Gasteiger partial charge in [0.25, 0.3) is 0 Å². The number of fused-ring (bicyclic) bond motifs is 2. The number of anilines is 1. The Labute approximate surface area is 154 Å². The van der Waals surface area contributed by atoms with E-state index in [0.29, 0.717) is 30.0 Å². The van der Waals surface area contributed by atoms with Gasteiger partial charge in [0, 0.05) is 30.8 Å². The topological polar surface area (TPSA) is 44.8 Å². The predicted octanol–water partition coefficient (Wildman–Crippen LogP) is 3.12. The number of aryl methyl sites for hydroxylation is 1. The standard InChI is InChI=1S/C19H18F3N3O2/c1-24-14-6-3-11(9-12(14)4-7-17(24)26)13-5-8-18(27-2)25-15(13)10-16(23-25)19(20,21)22/h3,5-6,8-10,16,23H,4,7H2,1-2H3. The molecule has 0 saturated heterocycles. The molecule has 5 nitrogen and oxygen atoms in total. The minimum absolute atomic E-state index is 0.0571. The van der Waals surface area contributed by atoms with Crippen molar-refractivity contribution in [2.24, 2.45) is 0 Å². The summed E-state index contributed by atoms with van der Waals surface area (Å²) in [6.45, 7) is 0. The number of benzene rings is 1. The van der Waals surface area contributed by atoms with Gasteiger partial charge in [0.2, 0.25) is 11.8 Å². The molecule has 1 aromatic carbocycles. The summed E-state index contributed by atoms with van der Waals surface area (Å²) in [5.41, 5.74) is 6.14. The number of carbonyl (C=O) groups is 1. The highest BCUT2D eigenvalue weighted by Gasteiger charge is 2.45. The number of nitrogens with one attached hydrogen (secondary N) is 1. The summed E-state index contributed by atoms with van der Waals surface area (Å²) in [6, 6.07) is 3.82. The minimum Gasteiger partial charge on any atom is -0.481 e. The maximum atomic E-state index is 13.2. The molecule has 0 bridgehead atoms. The molecule has 1 aromatic rings. The summed E-state index contributed by atoms with van der Waals surface area (Å²) in [4.78, 5) is 13.5. The minimum atomic E-state index is -4.41. The largest absolute Gasteiger partial charge is 0.481 e. The molecule has 0 radical (unpaired) electrons. The molecule has 1 atom stereocenters. The highest BCUT2D eigenvalue weighted by atomic mass is 19.4. The monoisotopic (exact) mass is 377 g/mol. The lowest BCUT2D eigenvalue weighted by atomic mass is 9.93. The first-order valence-corrected chi connectivity index (χ1v) is 8.50. The number of halogens is 3. The van der Waals surface area contributed by atoms with E-state index in [2.05, 4.69) is 5.43 Å². The molecule has 4 rings (SSSR count). The summed E-state index contributed by atoms with van der Waals surface area (Å²) in [5, 5.41) is 1.32. The van der Waals surface area contributed by atoms with Crippen molar-refractivity contribution in [2.45, 2.75) is 25.1 Å². The van der Waals surface area contributed by atoms with Gasteiger partial charge in [0.1, 0.15) is 6.04 Å². The third kappa shape index (κ3) is 2.90. The van der Waals surface area contributed by atoms with Gasteiger partial charge in [-0.1, -0.05) is 6.07 Å². The zero-order valence-corrected chi connectivity index (χ0v) is 14.8. The van der Waals surface area contributed by atoms with Crippen LogP contribution in [-0.4, -0.2) is 37.3 Å². The van der Waals surface area contributed by atoms with Gasteiger partial charge in [-0.25, -0.2) is 10.4 Å². The molecular weight excluding hydrogens is 359 g/mol. The smallest absolute Gasteiger partial charge is 0.409 e. The van der Waals surface area contributed by atoms with Crippen LogP contribution in [0.15, 0.2) is 48.0 Å². The van der Waals surface area contributed by atoms with E-state index in [0.717, 1.165) is 22.9 Å². The molecule has 3 aliphatic heterocycles. The molecule has 142 valence electrons. The predicted molar refractivity (Wildman–Crippen MR) is 94.1 cm³/mol. The van der Waals surface area contributed by atoms with Crippen molar-refractivity contribution in [3.63, 3.8) is 0 Å². The second-order valence-corrected chi connectivity index (χ2v) is 6.62. The fourth-order valence-electron chi connectivity index (χ4n) is 3.58. The molecule has 0 saturated carbocycles. The van der Waals surface area contributed by atoms with Gasteiger partial charge < -0.3 is 9.64 Å². The number of alkyl halides is 3. The van der Waals surface area contributed by atoms with Crippen molar-refractivity contribution >= 4 is 17.2 Å². The lowest BCUT2D eigenvalue weighted by molar-refractivity contribution is -0.149. The Bertz CT molecular complexity index is 902. The Hall–Kier alpha value is -2.74. The molecular formula is C19H18F3N3O2. The van der Waals surface area contributed by atoms with E-state index in [1.54, 1.807) is 24.1 Å². The van der Waals surface area contributed by atoms with E-state index in [9.17, 15) is 18.0 Å². The lowest BCUT2D eigenvalue weighted by Gasteiger charge is -2.30. The van der Waals surface area contributed by atoms with E-state index >= 15 is 0 Å². The Balaban J connectivity index is 1.76. The summed E-state index contributed by atoms with van der Waals surface area (Å²) >= 11 is 0. The molecule has 1 N–H and O–H groups in total. The van der Waals surface area contributed by atoms with Crippen LogP contribution in [0.4, 0.5) is 18.9 Å². The van der Waals surface area contributed by atoms with E-state index < -0.39 is 12.2 Å². The van der Waals surface area contributed by atoms with Crippen LogP contribution >= 0.6 is 0 Å². The van der Waals surface area contributed by atoms with E-state index in [1.807, 2.05) is 18.2 Å². The number of hydrazine groups is 1. The lowest BCUT2D eigenvalue weighted by Crippen LogP contribution is -2.44. The quantitative estimate of drug-likeness (QED) is 0.860. The van der Waals surface area contributed by atoms with Crippen LogP contribution in [0.25, 0.3) is 5.57 Å². The molecule has 1 unspecified atom stereocenters. The van der Waals surface area contributed by atoms with Crippen LogP contribution < -0.4 is 10.3 Å². The SMILES string of the molecule is COC1=CC=C(c2ccc3c(c2)CCC(=O)N3C)C2=CC(C(F)(F)F)NN12. The van der Waals surface area contributed by atoms with E-state index in [1.165, 1.54) is 12.1 Å². The molecule has 27 heavy (non-hydrogen) atoms. The average Bonchev–Trinajstić information content (AvgIpc) is 3.09. The van der Waals surface area contributed by atoms with Crippen molar-refractivity contribution in [3.8, 4) is 0 Å². The van der Waals surface area contributed by atoms with Gasteiger partial charge in [-0.05, 0) is 41.8 Å². The number of hydrogen-bond acceptors (Lipinski definition) is 4.